The summed E-state index contributed by atoms with van der Waals surface area (Å²) in [6.45, 7) is 4.92. The lowest BCUT2D eigenvalue weighted by atomic mass is 10.3. The van der Waals surface area contributed by atoms with Gasteiger partial charge in [0.25, 0.3) is 0 Å². The highest BCUT2D eigenvalue weighted by Gasteiger charge is 2.27. The van der Waals surface area contributed by atoms with Gasteiger partial charge in [0, 0.05) is 44.1 Å². The molecule has 1 fully saturated rings. The maximum Gasteiger partial charge on any atom is 0.229 e. The van der Waals surface area contributed by atoms with Crippen molar-refractivity contribution in [1.82, 2.24) is 14.9 Å². The van der Waals surface area contributed by atoms with Gasteiger partial charge in [-0.2, -0.15) is 0 Å². The van der Waals surface area contributed by atoms with Gasteiger partial charge in [-0.25, -0.2) is 9.97 Å². The normalized spacial score (nSPS) is 15.0. The number of likely N-dealkylation sites (tertiary alicyclic amines) is 1. The van der Waals surface area contributed by atoms with Crippen LogP contribution in [0, 0.1) is 6.92 Å². The van der Waals surface area contributed by atoms with Crippen LogP contribution in [0.4, 0.5) is 5.82 Å². The van der Waals surface area contributed by atoms with Crippen LogP contribution >= 0.6 is 0 Å². The zero-order valence-electron chi connectivity index (χ0n) is 12.0. The molecule has 2 heterocycles. The second-order valence-electron chi connectivity index (χ2n) is 4.93. The standard InChI is InChI=1S/C14H20N4O2/c1-3-4-11-16-10(2)9-12(17-11)15-7-8-18-13(19)5-6-14(18)20/h9H,3-8H2,1-2H3,(H,15,16,17). The Morgan fingerprint density at radius 1 is 1.25 bits per heavy atom. The van der Waals surface area contributed by atoms with Gasteiger partial charge in [-0.05, 0) is 13.3 Å². The highest BCUT2D eigenvalue weighted by molar-refractivity contribution is 6.01. The van der Waals surface area contributed by atoms with E-state index in [4.69, 9.17) is 0 Å². The number of amides is 2. The van der Waals surface area contributed by atoms with Crippen LogP contribution in [0.1, 0.15) is 37.7 Å². The molecule has 0 aliphatic carbocycles. The first kappa shape index (κ1) is 14.4. The molecule has 2 rings (SSSR count). The molecule has 6 heteroatoms. The number of rotatable bonds is 6. The fourth-order valence-electron chi connectivity index (χ4n) is 2.22. The van der Waals surface area contributed by atoms with Crippen LogP contribution in [-0.4, -0.2) is 39.8 Å². The smallest absolute Gasteiger partial charge is 0.229 e. The van der Waals surface area contributed by atoms with Gasteiger partial charge in [0.1, 0.15) is 11.6 Å². The first-order valence-corrected chi connectivity index (χ1v) is 7.01. The van der Waals surface area contributed by atoms with E-state index in [0.717, 1.165) is 30.2 Å². The van der Waals surface area contributed by atoms with Crippen molar-refractivity contribution >= 4 is 17.6 Å². The lowest BCUT2D eigenvalue weighted by Crippen LogP contribution is -2.33. The molecular weight excluding hydrogens is 256 g/mol. The summed E-state index contributed by atoms with van der Waals surface area (Å²) in [6, 6.07) is 1.87. The van der Waals surface area contributed by atoms with Crippen molar-refractivity contribution in [2.24, 2.45) is 0 Å². The molecule has 6 nitrogen and oxygen atoms in total. The number of anilines is 1. The second-order valence-corrected chi connectivity index (χ2v) is 4.93. The molecule has 1 aliphatic heterocycles. The van der Waals surface area contributed by atoms with Crippen molar-refractivity contribution in [2.75, 3.05) is 18.4 Å². The molecule has 0 bridgehead atoms. The Bertz CT molecular complexity index is 500. The zero-order valence-corrected chi connectivity index (χ0v) is 12.0. The number of carbonyl (C=O) groups excluding carboxylic acids is 2. The lowest BCUT2D eigenvalue weighted by Gasteiger charge is -2.14. The SMILES string of the molecule is CCCc1nc(C)cc(NCCN2C(=O)CCC2=O)n1. The third kappa shape index (κ3) is 3.53. The third-order valence-electron chi connectivity index (χ3n) is 3.17. The number of aromatic nitrogens is 2. The predicted octanol–water partition coefficient (Wildman–Crippen LogP) is 1.30. The van der Waals surface area contributed by atoms with Gasteiger partial charge in [0.05, 0.1) is 0 Å². The quantitative estimate of drug-likeness (QED) is 0.793. The summed E-state index contributed by atoms with van der Waals surface area (Å²) in [4.78, 5) is 33.0. The van der Waals surface area contributed by atoms with Crippen LogP contribution in [0.5, 0.6) is 0 Å². The molecule has 0 radical (unpaired) electrons. The minimum atomic E-state index is -0.0812. The Hall–Kier alpha value is -1.98. The van der Waals surface area contributed by atoms with E-state index < -0.39 is 0 Å². The van der Waals surface area contributed by atoms with Gasteiger partial charge in [-0.1, -0.05) is 6.92 Å². The van der Waals surface area contributed by atoms with E-state index in [9.17, 15) is 9.59 Å². The van der Waals surface area contributed by atoms with Gasteiger partial charge >= 0.3 is 0 Å². The molecular formula is C14H20N4O2. The van der Waals surface area contributed by atoms with Crippen molar-refractivity contribution in [3.63, 3.8) is 0 Å². The summed E-state index contributed by atoms with van der Waals surface area (Å²) in [6.07, 6.45) is 2.53. The van der Waals surface area contributed by atoms with E-state index >= 15 is 0 Å². The second kappa shape index (κ2) is 6.45. The summed E-state index contributed by atoms with van der Waals surface area (Å²) in [5.41, 5.74) is 0.916. The minimum absolute atomic E-state index is 0.0812. The number of carbonyl (C=O) groups is 2. The molecule has 0 atom stereocenters. The minimum Gasteiger partial charge on any atom is -0.368 e. The van der Waals surface area contributed by atoms with Gasteiger partial charge in [0.15, 0.2) is 0 Å². The Morgan fingerprint density at radius 2 is 1.95 bits per heavy atom. The topological polar surface area (TPSA) is 75.2 Å². The molecule has 108 valence electrons. The van der Waals surface area contributed by atoms with E-state index in [1.807, 2.05) is 13.0 Å². The van der Waals surface area contributed by atoms with Crippen LogP contribution in [-0.2, 0) is 16.0 Å². The van der Waals surface area contributed by atoms with Crippen LogP contribution in [0.25, 0.3) is 0 Å². The van der Waals surface area contributed by atoms with Crippen molar-refractivity contribution in [1.29, 1.82) is 0 Å². The number of imide groups is 1. The first-order valence-electron chi connectivity index (χ1n) is 7.01. The molecule has 0 unspecified atom stereocenters. The fourth-order valence-corrected chi connectivity index (χ4v) is 2.22. The Kier molecular flexibility index (Phi) is 4.65. The Labute approximate surface area is 118 Å². The number of nitrogens with zero attached hydrogens (tertiary/aromatic N) is 3. The van der Waals surface area contributed by atoms with Gasteiger partial charge < -0.3 is 5.32 Å². The van der Waals surface area contributed by atoms with Crippen LogP contribution in [0.3, 0.4) is 0 Å². The maximum atomic E-state index is 11.5. The van der Waals surface area contributed by atoms with E-state index in [1.54, 1.807) is 0 Å². The molecule has 0 spiro atoms. The van der Waals surface area contributed by atoms with Crippen LogP contribution < -0.4 is 5.32 Å². The van der Waals surface area contributed by atoms with E-state index in [1.165, 1.54) is 4.90 Å². The largest absolute Gasteiger partial charge is 0.368 e. The van der Waals surface area contributed by atoms with Crippen molar-refractivity contribution in [3.05, 3.63) is 17.6 Å². The summed E-state index contributed by atoms with van der Waals surface area (Å²) in [5, 5.41) is 3.16. The summed E-state index contributed by atoms with van der Waals surface area (Å²) < 4.78 is 0. The molecule has 1 N–H and O–H groups in total. The van der Waals surface area contributed by atoms with Crippen molar-refractivity contribution < 1.29 is 9.59 Å². The average molecular weight is 276 g/mol. The monoisotopic (exact) mass is 276 g/mol. The Balaban J connectivity index is 1.90. The van der Waals surface area contributed by atoms with Crippen molar-refractivity contribution in [2.45, 2.75) is 39.5 Å². The molecule has 1 aromatic rings. The fraction of sp³-hybridized carbons (Fsp3) is 0.571. The average Bonchev–Trinajstić information content (AvgIpc) is 2.70. The molecule has 20 heavy (non-hydrogen) atoms. The summed E-state index contributed by atoms with van der Waals surface area (Å²) in [7, 11) is 0. The Morgan fingerprint density at radius 3 is 2.60 bits per heavy atom. The molecule has 0 saturated carbocycles. The van der Waals surface area contributed by atoms with Gasteiger partial charge in [-0.15, -0.1) is 0 Å². The van der Waals surface area contributed by atoms with E-state index in [0.29, 0.717) is 25.9 Å². The van der Waals surface area contributed by atoms with Gasteiger partial charge in [-0.3, -0.25) is 14.5 Å². The van der Waals surface area contributed by atoms with Crippen molar-refractivity contribution in [3.8, 4) is 0 Å². The van der Waals surface area contributed by atoms with Gasteiger partial charge in [0.2, 0.25) is 11.8 Å². The molecule has 0 aromatic carbocycles. The number of hydrogen-bond acceptors (Lipinski definition) is 5. The highest BCUT2D eigenvalue weighted by Crippen LogP contribution is 2.11. The van der Waals surface area contributed by atoms with Crippen LogP contribution in [0.15, 0.2) is 6.07 Å². The number of hydrogen-bond donors (Lipinski definition) is 1. The third-order valence-corrected chi connectivity index (χ3v) is 3.17. The molecule has 1 saturated heterocycles. The number of aryl methyl sites for hydroxylation is 2. The van der Waals surface area contributed by atoms with E-state index in [2.05, 4.69) is 22.2 Å². The zero-order chi connectivity index (χ0) is 14.5. The molecule has 1 aromatic heterocycles. The van der Waals surface area contributed by atoms with E-state index in [-0.39, 0.29) is 11.8 Å². The van der Waals surface area contributed by atoms with Crippen LogP contribution in [0.2, 0.25) is 0 Å². The summed E-state index contributed by atoms with van der Waals surface area (Å²) in [5.74, 6) is 1.41. The lowest BCUT2D eigenvalue weighted by molar-refractivity contribution is -0.138. The predicted molar refractivity (Wildman–Crippen MR) is 75.2 cm³/mol. The highest BCUT2D eigenvalue weighted by atomic mass is 16.2. The number of nitrogens with one attached hydrogen (secondary N) is 1. The molecule has 1 aliphatic rings. The molecule has 2 amide bonds. The first-order chi connectivity index (χ1) is 9.60. The summed E-state index contributed by atoms with van der Waals surface area (Å²) >= 11 is 0. The maximum absolute atomic E-state index is 11.5.